The standard InChI is InChI=1S/C79H135NO18/c1-3-5-7-9-11-13-15-17-19-21-23-25-27-29-31-33-35-37-39-41-43-45-47-49-51-53-55-57-67(85)80-62(63(84)56-54-52-50-48-46-44-42-40-38-36-34-32-30-28-26-24-22-20-18-16-14-12-10-8-6-4-2)61-93-77-73(91)70(88)75(65(59-82)95-77)98-79-74(92)71(89)76(66(60-83)96-79)97-78-72(90)69(87)68(86)64(58-81)94-78/h5,7,11,13,17,19,23,25,29,31,35,37,41,43,46,48,54,56,62-66,68-79,81-84,86-92H,3-4,6,8-10,12,14-16,18,20-22,24,26-28,30,32-34,36,38-40,42,44-45,47,49-53,55,57-61H2,1-2H3,(H,80,85)/b7-5-,13-11-,19-17-,25-23-,31-29-,37-35-,43-41-,48-46+,56-54+. The van der Waals surface area contributed by atoms with Crippen LogP contribution in [0, 0.1) is 0 Å². The van der Waals surface area contributed by atoms with E-state index >= 15 is 0 Å². The van der Waals surface area contributed by atoms with E-state index in [2.05, 4.69) is 116 Å². The number of carbonyl (C=O) groups is 1. The third-order valence-corrected chi connectivity index (χ3v) is 18.3. The zero-order chi connectivity index (χ0) is 71.1. The number of aliphatic hydroxyl groups is 11. The zero-order valence-corrected chi connectivity index (χ0v) is 60.0. The molecule has 0 aromatic carbocycles. The van der Waals surface area contributed by atoms with Gasteiger partial charge in [0.1, 0.15) is 73.2 Å². The Balaban J connectivity index is 1.43. The van der Waals surface area contributed by atoms with Gasteiger partial charge in [0.05, 0.1) is 38.6 Å². The number of ether oxygens (including phenoxy) is 6. The lowest BCUT2D eigenvalue weighted by molar-refractivity contribution is -0.379. The molecule has 1 amide bonds. The van der Waals surface area contributed by atoms with Crippen LogP contribution in [0.5, 0.6) is 0 Å². The molecule has 0 aromatic rings. The van der Waals surface area contributed by atoms with Gasteiger partial charge < -0.3 is 89.9 Å². The number of allylic oxidation sites excluding steroid dienone is 17. The molecule has 564 valence electrons. The molecule has 3 rings (SSSR count). The number of unbranched alkanes of at least 4 members (excludes halogenated alkanes) is 26. The second-order valence-corrected chi connectivity index (χ2v) is 26.7. The van der Waals surface area contributed by atoms with Crippen LogP contribution in [0.25, 0.3) is 0 Å². The third kappa shape index (κ3) is 39.2. The first-order chi connectivity index (χ1) is 47.8. The predicted molar refractivity (Wildman–Crippen MR) is 387 cm³/mol. The van der Waals surface area contributed by atoms with Gasteiger partial charge in [-0.15, -0.1) is 0 Å². The minimum atomic E-state index is -1.99. The smallest absolute Gasteiger partial charge is 0.220 e. The Labute approximate surface area is 589 Å². The highest BCUT2D eigenvalue weighted by Crippen LogP contribution is 2.33. The Morgan fingerprint density at radius 2 is 0.714 bits per heavy atom. The average molecular weight is 1390 g/mol. The first-order valence-corrected chi connectivity index (χ1v) is 38.1. The number of nitrogens with one attached hydrogen (secondary N) is 1. The molecule has 19 nitrogen and oxygen atoms in total. The summed E-state index contributed by atoms with van der Waals surface area (Å²) in [6.45, 7) is 1.59. The summed E-state index contributed by atoms with van der Waals surface area (Å²) in [7, 11) is 0. The Morgan fingerprint density at radius 1 is 0.378 bits per heavy atom. The fourth-order valence-electron chi connectivity index (χ4n) is 12.2. The van der Waals surface area contributed by atoms with Gasteiger partial charge in [-0.2, -0.15) is 0 Å². The normalized spacial score (nSPS) is 27.4. The van der Waals surface area contributed by atoms with Crippen molar-refractivity contribution in [3.63, 3.8) is 0 Å². The SMILES string of the molecule is CC/C=C\C/C=C\C/C=C\C/C=C\C/C=C\C/C=C\C/C=C\CCCCCCCC(=O)NC(COC1OC(CO)C(OC2OC(CO)C(OC3OC(CO)C(O)C(O)C3O)C(O)C2O)C(O)C1O)C(O)/C=C/CC/C=C/CCCCCCCCCCCCCCCCCCCCCC. The van der Waals surface area contributed by atoms with E-state index < -0.39 is 124 Å². The monoisotopic (exact) mass is 1390 g/mol. The third-order valence-electron chi connectivity index (χ3n) is 18.3. The highest BCUT2D eigenvalue weighted by Gasteiger charge is 2.53. The molecule has 0 radical (unpaired) electrons. The van der Waals surface area contributed by atoms with Crippen LogP contribution in [0.3, 0.4) is 0 Å². The number of rotatable bonds is 58. The van der Waals surface area contributed by atoms with Crippen LogP contribution in [0.2, 0.25) is 0 Å². The van der Waals surface area contributed by atoms with Gasteiger partial charge in [0.25, 0.3) is 0 Å². The minimum absolute atomic E-state index is 0.206. The molecule has 17 unspecified atom stereocenters. The van der Waals surface area contributed by atoms with Crippen LogP contribution in [-0.4, -0.2) is 193 Å². The molecule has 3 aliphatic rings. The molecule has 17 atom stereocenters. The minimum Gasteiger partial charge on any atom is -0.394 e. The molecule has 0 spiro atoms. The van der Waals surface area contributed by atoms with Crippen LogP contribution < -0.4 is 5.32 Å². The highest BCUT2D eigenvalue weighted by molar-refractivity contribution is 5.76. The van der Waals surface area contributed by atoms with E-state index in [0.717, 1.165) is 96.3 Å². The number of hydrogen-bond acceptors (Lipinski definition) is 18. The Bertz CT molecular complexity index is 2200. The highest BCUT2D eigenvalue weighted by atomic mass is 16.8. The van der Waals surface area contributed by atoms with Gasteiger partial charge in [-0.3, -0.25) is 4.79 Å². The Morgan fingerprint density at radius 3 is 1.14 bits per heavy atom. The number of aliphatic hydroxyl groups excluding tert-OH is 11. The van der Waals surface area contributed by atoms with E-state index in [0.29, 0.717) is 12.8 Å². The first-order valence-electron chi connectivity index (χ1n) is 38.1. The Kier molecular flexibility index (Phi) is 53.3. The lowest BCUT2D eigenvalue weighted by atomic mass is 9.96. The number of hydrogen-bond donors (Lipinski definition) is 12. The fourth-order valence-corrected chi connectivity index (χ4v) is 12.2. The second-order valence-electron chi connectivity index (χ2n) is 26.7. The maximum absolute atomic E-state index is 13.4. The summed E-state index contributed by atoms with van der Waals surface area (Å²) >= 11 is 0. The summed E-state index contributed by atoms with van der Waals surface area (Å²) in [5.41, 5.74) is 0. The predicted octanol–water partition coefficient (Wildman–Crippen LogP) is 11.8. The first kappa shape index (κ1) is 88.7. The van der Waals surface area contributed by atoms with Crippen LogP contribution in [-0.2, 0) is 33.2 Å². The van der Waals surface area contributed by atoms with Gasteiger partial charge in [0, 0.05) is 6.42 Å². The molecular weight excluding hydrogens is 1250 g/mol. The van der Waals surface area contributed by atoms with Crippen molar-refractivity contribution in [1.29, 1.82) is 0 Å². The van der Waals surface area contributed by atoms with Crippen molar-refractivity contribution in [2.45, 2.75) is 356 Å². The van der Waals surface area contributed by atoms with Crippen molar-refractivity contribution in [1.82, 2.24) is 5.32 Å². The van der Waals surface area contributed by atoms with Crippen molar-refractivity contribution >= 4 is 5.91 Å². The zero-order valence-electron chi connectivity index (χ0n) is 60.0. The van der Waals surface area contributed by atoms with Crippen LogP contribution in [0.15, 0.2) is 109 Å². The molecule has 3 saturated heterocycles. The van der Waals surface area contributed by atoms with Crippen molar-refractivity contribution in [3.8, 4) is 0 Å². The van der Waals surface area contributed by atoms with E-state index in [1.165, 1.54) is 122 Å². The molecule has 0 saturated carbocycles. The molecule has 19 heteroatoms. The molecule has 98 heavy (non-hydrogen) atoms. The fraction of sp³-hybridized carbons (Fsp3) is 0.759. The lowest BCUT2D eigenvalue weighted by Crippen LogP contribution is -2.66. The lowest BCUT2D eigenvalue weighted by Gasteiger charge is -2.48. The topological polar surface area (TPSA) is 307 Å². The van der Waals surface area contributed by atoms with E-state index in [1.54, 1.807) is 6.08 Å². The molecule has 3 fully saturated rings. The molecule has 0 aromatic heterocycles. The van der Waals surface area contributed by atoms with Gasteiger partial charge in [0.2, 0.25) is 5.91 Å². The van der Waals surface area contributed by atoms with E-state index in [4.69, 9.17) is 28.4 Å². The molecule has 3 heterocycles. The van der Waals surface area contributed by atoms with Crippen molar-refractivity contribution in [2.75, 3.05) is 26.4 Å². The maximum atomic E-state index is 13.4. The number of carbonyl (C=O) groups excluding carboxylic acids is 1. The summed E-state index contributed by atoms with van der Waals surface area (Å²) in [5, 5.41) is 121. The quantitative estimate of drug-likeness (QED) is 0.0199. The molecule has 3 aliphatic heterocycles. The Hall–Kier alpha value is -3.55. The van der Waals surface area contributed by atoms with E-state index in [9.17, 15) is 61.0 Å². The van der Waals surface area contributed by atoms with Crippen molar-refractivity contribution < 1.29 is 89.4 Å². The molecule has 12 N–H and O–H groups in total. The number of amides is 1. The van der Waals surface area contributed by atoms with Crippen LogP contribution in [0.1, 0.15) is 251 Å². The second kappa shape index (κ2) is 58.9. The molecule has 0 bridgehead atoms. The van der Waals surface area contributed by atoms with Gasteiger partial charge in [0.15, 0.2) is 18.9 Å². The van der Waals surface area contributed by atoms with Gasteiger partial charge in [-0.05, 0) is 89.9 Å². The average Bonchev–Trinajstić information content (AvgIpc) is 0.785. The summed E-state index contributed by atoms with van der Waals surface area (Å²) in [6.07, 6.45) is 53.5. The summed E-state index contributed by atoms with van der Waals surface area (Å²) in [4.78, 5) is 13.4. The summed E-state index contributed by atoms with van der Waals surface area (Å²) in [5.74, 6) is -0.307. The van der Waals surface area contributed by atoms with E-state index in [1.807, 2.05) is 6.08 Å². The van der Waals surface area contributed by atoms with Gasteiger partial charge in [-0.25, -0.2) is 0 Å². The van der Waals surface area contributed by atoms with Crippen molar-refractivity contribution in [2.24, 2.45) is 0 Å². The molecule has 0 aliphatic carbocycles. The molecular formula is C79H135NO18. The summed E-state index contributed by atoms with van der Waals surface area (Å²) < 4.78 is 34.4. The maximum Gasteiger partial charge on any atom is 0.220 e. The largest absolute Gasteiger partial charge is 0.394 e. The van der Waals surface area contributed by atoms with Gasteiger partial charge in [-0.1, -0.05) is 264 Å². The van der Waals surface area contributed by atoms with Crippen LogP contribution in [0.4, 0.5) is 0 Å². The van der Waals surface area contributed by atoms with Crippen molar-refractivity contribution in [3.05, 3.63) is 109 Å². The van der Waals surface area contributed by atoms with Gasteiger partial charge >= 0.3 is 0 Å². The van der Waals surface area contributed by atoms with E-state index in [-0.39, 0.29) is 18.9 Å². The summed E-state index contributed by atoms with van der Waals surface area (Å²) in [6, 6.07) is -1.01. The van der Waals surface area contributed by atoms with Crippen LogP contribution >= 0.6 is 0 Å².